The lowest BCUT2D eigenvalue weighted by molar-refractivity contribution is 0.0697. The quantitative estimate of drug-likeness (QED) is 0.768. The van der Waals surface area contributed by atoms with Crippen molar-refractivity contribution in [3.05, 3.63) is 34.9 Å². The fraction of sp³-hybridized carbons (Fsp3) is 0.364. The summed E-state index contributed by atoms with van der Waals surface area (Å²) in [5.74, 6) is -0.920. The van der Waals surface area contributed by atoms with E-state index < -0.39 is 12.1 Å². The van der Waals surface area contributed by atoms with E-state index in [-0.39, 0.29) is 5.56 Å². The Morgan fingerprint density at radius 1 is 1.50 bits per heavy atom. The Morgan fingerprint density at radius 3 is 2.57 bits per heavy atom. The lowest BCUT2D eigenvalue weighted by Crippen LogP contribution is -2.06. The average molecular weight is 194 g/mol. The summed E-state index contributed by atoms with van der Waals surface area (Å²) in [7, 11) is 0. The van der Waals surface area contributed by atoms with Crippen LogP contribution in [0.1, 0.15) is 28.4 Å². The normalized spacial score (nSPS) is 12.5. The van der Waals surface area contributed by atoms with Crippen LogP contribution in [-0.2, 0) is 6.42 Å². The van der Waals surface area contributed by atoms with Gasteiger partial charge in [-0.1, -0.05) is 6.07 Å². The van der Waals surface area contributed by atoms with Crippen LogP contribution < -0.4 is 0 Å². The molecule has 3 heteroatoms. The summed E-state index contributed by atoms with van der Waals surface area (Å²) in [4.78, 5) is 10.6. The molecule has 0 saturated heterocycles. The molecule has 0 bridgehead atoms. The van der Waals surface area contributed by atoms with E-state index in [4.69, 9.17) is 5.11 Å². The van der Waals surface area contributed by atoms with Crippen molar-refractivity contribution in [2.24, 2.45) is 0 Å². The monoisotopic (exact) mass is 194 g/mol. The number of carboxylic acid groups (broad SMARTS) is 1. The Labute approximate surface area is 83.0 Å². The predicted molar refractivity (Wildman–Crippen MR) is 53.5 cm³/mol. The van der Waals surface area contributed by atoms with Crippen LogP contribution in [0.25, 0.3) is 0 Å². The predicted octanol–water partition coefficient (Wildman–Crippen LogP) is 1.62. The van der Waals surface area contributed by atoms with E-state index in [9.17, 15) is 9.90 Å². The smallest absolute Gasteiger partial charge is 0.335 e. The van der Waals surface area contributed by atoms with Gasteiger partial charge in [0.05, 0.1) is 11.7 Å². The van der Waals surface area contributed by atoms with Crippen LogP contribution in [0.4, 0.5) is 0 Å². The second kappa shape index (κ2) is 4.24. The molecule has 0 saturated carbocycles. The highest BCUT2D eigenvalue weighted by Gasteiger charge is 2.07. The number of aromatic carboxylic acids is 1. The zero-order chi connectivity index (χ0) is 10.7. The molecule has 0 aliphatic carbocycles. The molecular weight excluding hydrogens is 180 g/mol. The molecule has 1 atom stereocenters. The van der Waals surface area contributed by atoms with Crippen LogP contribution in [0, 0.1) is 6.92 Å². The molecule has 2 N–H and O–H groups in total. The Morgan fingerprint density at radius 2 is 2.14 bits per heavy atom. The van der Waals surface area contributed by atoms with Gasteiger partial charge in [0.15, 0.2) is 0 Å². The summed E-state index contributed by atoms with van der Waals surface area (Å²) < 4.78 is 0. The van der Waals surface area contributed by atoms with Gasteiger partial charge in [0.2, 0.25) is 0 Å². The summed E-state index contributed by atoms with van der Waals surface area (Å²) in [6.45, 7) is 3.56. The first-order valence-electron chi connectivity index (χ1n) is 4.51. The second-order valence-corrected chi connectivity index (χ2v) is 3.50. The van der Waals surface area contributed by atoms with Crippen molar-refractivity contribution >= 4 is 5.97 Å². The van der Waals surface area contributed by atoms with Crippen molar-refractivity contribution in [1.82, 2.24) is 0 Å². The minimum Gasteiger partial charge on any atom is -0.478 e. The van der Waals surface area contributed by atoms with Crippen LogP contribution in [0.3, 0.4) is 0 Å². The number of hydrogen-bond acceptors (Lipinski definition) is 2. The molecule has 0 spiro atoms. The van der Waals surface area contributed by atoms with Gasteiger partial charge in [0.1, 0.15) is 0 Å². The van der Waals surface area contributed by atoms with Gasteiger partial charge in [0, 0.05) is 0 Å². The summed E-state index contributed by atoms with van der Waals surface area (Å²) in [5.41, 5.74) is 2.19. The van der Waals surface area contributed by atoms with Gasteiger partial charge in [-0.2, -0.15) is 0 Å². The van der Waals surface area contributed by atoms with Gasteiger partial charge >= 0.3 is 5.97 Å². The number of benzene rings is 1. The molecule has 76 valence electrons. The number of aliphatic hydroxyl groups excluding tert-OH is 1. The van der Waals surface area contributed by atoms with E-state index in [2.05, 4.69) is 0 Å². The molecule has 0 fully saturated rings. The summed E-state index contributed by atoms with van der Waals surface area (Å²) in [5, 5.41) is 17.9. The first-order valence-corrected chi connectivity index (χ1v) is 4.51. The molecule has 1 aromatic rings. The Hall–Kier alpha value is -1.35. The van der Waals surface area contributed by atoms with Gasteiger partial charge in [-0.15, -0.1) is 0 Å². The second-order valence-electron chi connectivity index (χ2n) is 3.50. The summed E-state index contributed by atoms with van der Waals surface area (Å²) in [6.07, 6.45) is 0.163. The molecule has 1 rings (SSSR count). The highest BCUT2D eigenvalue weighted by Crippen LogP contribution is 2.13. The van der Waals surface area contributed by atoms with E-state index in [0.717, 1.165) is 11.1 Å². The average Bonchev–Trinajstić information content (AvgIpc) is 2.07. The maximum atomic E-state index is 10.6. The van der Waals surface area contributed by atoms with E-state index in [1.807, 2.05) is 6.92 Å². The standard InChI is InChI=1S/C11H14O3/c1-7-5-10(11(13)14)4-3-9(7)6-8(2)12/h3-5,8,12H,6H2,1-2H3,(H,13,14). The van der Waals surface area contributed by atoms with Crippen LogP contribution >= 0.6 is 0 Å². The third-order valence-electron chi connectivity index (χ3n) is 2.10. The number of rotatable bonds is 3. The van der Waals surface area contributed by atoms with Gasteiger partial charge in [-0.25, -0.2) is 4.79 Å². The highest BCUT2D eigenvalue weighted by atomic mass is 16.4. The van der Waals surface area contributed by atoms with Crippen LogP contribution in [-0.4, -0.2) is 22.3 Å². The highest BCUT2D eigenvalue weighted by molar-refractivity contribution is 5.87. The Kier molecular flexibility index (Phi) is 3.25. The molecule has 0 aliphatic rings. The van der Waals surface area contributed by atoms with Crippen molar-refractivity contribution < 1.29 is 15.0 Å². The van der Waals surface area contributed by atoms with Gasteiger partial charge < -0.3 is 10.2 Å². The molecule has 3 nitrogen and oxygen atoms in total. The van der Waals surface area contributed by atoms with Crippen LogP contribution in [0.5, 0.6) is 0 Å². The zero-order valence-corrected chi connectivity index (χ0v) is 8.32. The molecule has 0 aromatic heterocycles. The minimum absolute atomic E-state index is 0.289. The fourth-order valence-corrected chi connectivity index (χ4v) is 1.38. The number of carboxylic acids is 1. The maximum absolute atomic E-state index is 10.6. The Bertz CT molecular complexity index is 342. The van der Waals surface area contributed by atoms with Crippen molar-refractivity contribution in [2.75, 3.05) is 0 Å². The van der Waals surface area contributed by atoms with Crippen molar-refractivity contribution in [1.29, 1.82) is 0 Å². The number of carbonyl (C=O) groups is 1. The van der Waals surface area contributed by atoms with Gasteiger partial charge in [0.25, 0.3) is 0 Å². The van der Waals surface area contributed by atoms with Gasteiger partial charge in [-0.3, -0.25) is 0 Å². The molecule has 1 aromatic carbocycles. The molecule has 0 heterocycles. The van der Waals surface area contributed by atoms with Crippen molar-refractivity contribution in [3.63, 3.8) is 0 Å². The molecule has 0 amide bonds. The summed E-state index contributed by atoms with van der Waals surface area (Å²) in [6, 6.07) is 4.94. The third-order valence-corrected chi connectivity index (χ3v) is 2.10. The Balaban J connectivity index is 2.95. The van der Waals surface area contributed by atoms with Crippen molar-refractivity contribution in [3.8, 4) is 0 Å². The van der Waals surface area contributed by atoms with E-state index in [1.165, 1.54) is 0 Å². The lowest BCUT2D eigenvalue weighted by atomic mass is 10.0. The van der Waals surface area contributed by atoms with Crippen LogP contribution in [0.15, 0.2) is 18.2 Å². The SMILES string of the molecule is Cc1cc(C(=O)O)ccc1CC(C)O. The molecule has 14 heavy (non-hydrogen) atoms. The molecule has 0 aliphatic heterocycles. The third kappa shape index (κ3) is 2.57. The number of aryl methyl sites for hydroxylation is 1. The molecule has 1 unspecified atom stereocenters. The fourth-order valence-electron chi connectivity index (χ4n) is 1.38. The largest absolute Gasteiger partial charge is 0.478 e. The van der Waals surface area contributed by atoms with Crippen LogP contribution in [0.2, 0.25) is 0 Å². The minimum atomic E-state index is -0.920. The molecule has 0 radical (unpaired) electrons. The number of aliphatic hydroxyl groups is 1. The summed E-state index contributed by atoms with van der Waals surface area (Å²) >= 11 is 0. The first kappa shape index (κ1) is 10.7. The number of hydrogen-bond donors (Lipinski definition) is 2. The lowest BCUT2D eigenvalue weighted by Gasteiger charge is -2.08. The van der Waals surface area contributed by atoms with Crippen molar-refractivity contribution in [2.45, 2.75) is 26.4 Å². The van der Waals surface area contributed by atoms with Gasteiger partial charge in [-0.05, 0) is 43.5 Å². The topological polar surface area (TPSA) is 57.5 Å². The van der Waals surface area contributed by atoms with E-state index in [0.29, 0.717) is 6.42 Å². The zero-order valence-electron chi connectivity index (χ0n) is 8.32. The first-order chi connectivity index (χ1) is 6.50. The maximum Gasteiger partial charge on any atom is 0.335 e. The van der Waals surface area contributed by atoms with E-state index in [1.54, 1.807) is 25.1 Å². The molecular formula is C11H14O3. The van der Waals surface area contributed by atoms with E-state index >= 15 is 0 Å².